The van der Waals surface area contributed by atoms with Gasteiger partial charge in [-0.15, -0.1) is 0 Å². The molecule has 1 heterocycles. The number of aliphatic hydroxyl groups excluding tert-OH is 2. The molecule has 0 aromatic heterocycles. The molecule has 0 radical (unpaired) electrons. The Hall–Kier alpha value is -3.17. The molecule has 3 aliphatic carbocycles. The number of rotatable bonds is 4. The molecule has 0 amide bonds. The lowest BCUT2D eigenvalue weighted by atomic mass is 9.59. The van der Waals surface area contributed by atoms with Crippen LogP contribution < -0.4 is 4.90 Å². The fourth-order valence-electron chi connectivity index (χ4n) is 6.71. The number of anilines is 1. The summed E-state index contributed by atoms with van der Waals surface area (Å²) < 4.78 is 0. The van der Waals surface area contributed by atoms with E-state index in [4.69, 9.17) is 0 Å². The molecule has 3 atom stereocenters. The van der Waals surface area contributed by atoms with E-state index in [1.807, 2.05) is 25.1 Å². The van der Waals surface area contributed by atoms with Crippen molar-refractivity contribution >= 4 is 28.8 Å². The molecule has 9 nitrogen and oxygen atoms in total. The molecule has 2 fully saturated rings. The van der Waals surface area contributed by atoms with Crippen LogP contribution in [-0.2, 0) is 27.3 Å². The number of phenols is 1. The van der Waals surface area contributed by atoms with Gasteiger partial charge in [0.25, 0.3) is 0 Å². The van der Waals surface area contributed by atoms with Crippen molar-refractivity contribution in [2.24, 2.45) is 11.8 Å². The molecule has 1 aromatic carbocycles. The quantitative estimate of drug-likeness (QED) is 0.450. The Morgan fingerprint density at radius 2 is 1.78 bits per heavy atom. The summed E-state index contributed by atoms with van der Waals surface area (Å²) in [6.07, 6.45) is 3.56. The second-order valence-electron chi connectivity index (χ2n) is 11.1. The van der Waals surface area contributed by atoms with Gasteiger partial charge in [-0.3, -0.25) is 19.3 Å². The van der Waals surface area contributed by atoms with Crippen molar-refractivity contribution in [3.8, 4) is 5.75 Å². The summed E-state index contributed by atoms with van der Waals surface area (Å²) in [5.74, 6) is -5.15. The van der Waals surface area contributed by atoms with Crippen molar-refractivity contribution in [2.45, 2.75) is 57.6 Å². The average molecular weight is 511 g/mol. The highest BCUT2D eigenvalue weighted by atomic mass is 16.3. The van der Waals surface area contributed by atoms with Crippen LogP contribution in [0.15, 0.2) is 23.0 Å². The third-order valence-corrected chi connectivity index (χ3v) is 8.55. The van der Waals surface area contributed by atoms with E-state index in [9.17, 15) is 34.8 Å². The first-order valence-corrected chi connectivity index (χ1v) is 12.9. The summed E-state index contributed by atoms with van der Waals surface area (Å²) in [6, 6.07) is 1.93. The van der Waals surface area contributed by atoms with Gasteiger partial charge in [-0.2, -0.15) is 0 Å². The number of carbonyl (C=O) groups is 3. The Balaban J connectivity index is 1.66. The van der Waals surface area contributed by atoms with Crippen molar-refractivity contribution in [1.82, 2.24) is 4.90 Å². The summed E-state index contributed by atoms with van der Waals surface area (Å²) in [6.45, 7) is 3.43. The monoisotopic (exact) mass is 510 g/mol. The molecule has 1 aromatic rings. The highest BCUT2D eigenvalue weighted by Gasteiger charge is 2.60. The van der Waals surface area contributed by atoms with Gasteiger partial charge in [0.15, 0.2) is 17.2 Å². The predicted molar refractivity (Wildman–Crippen MR) is 136 cm³/mol. The number of carbonyl (C=O) groups excluding carboxylic acids is 3. The number of aromatic hydroxyl groups is 1. The number of likely N-dealkylation sites (tertiary alicyclic amines) is 1. The van der Waals surface area contributed by atoms with E-state index in [1.54, 1.807) is 0 Å². The number of hydrogen-bond acceptors (Lipinski definition) is 9. The third kappa shape index (κ3) is 3.78. The highest BCUT2D eigenvalue weighted by Crippen LogP contribution is 2.53. The molecule has 5 rings (SSSR count). The number of piperidine rings is 1. The molecule has 1 aliphatic heterocycles. The first-order valence-electron chi connectivity index (χ1n) is 12.9. The van der Waals surface area contributed by atoms with Crippen LogP contribution in [0.2, 0.25) is 0 Å². The van der Waals surface area contributed by atoms with Crippen molar-refractivity contribution in [3.63, 3.8) is 0 Å². The topological polar surface area (TPSA) is 139 Å². The number of ketones is 3. The van der Waals surface area contributed by atoms with Gasteiger partial charge >= 0.3 is 0 Å². The molecule has 198 valence electrons. The standard InChI is InChI=1S/C28H34N2O7/c1-14(31)21-20(32)12-17-9-15-10-18-19(29(2)3)11-16(13-30-7-5-4-6-8-30)24(33)23(18)25(34)22(15)27(36)28(17,37)26(21)35/h11,15,17,33-35,37H,4-10,12-13H2,1-3H3/t15?,17?,28-/m1/s1. The molecular weight excluding hydrogens is 476 g/mol. The zero-order chi connectivity index (χ0) is 26.8. The number of benzene rings is 1. The number of Topliss-reactive ketones (excluding diaryl/α,β-unsaturated/α-hetero) is 3. The summed E-state index contributed by atoms with van der Waals surface area (Å²) in [4.78, 5) is 42.6. The van der Waals surface area contributed by atoms with E-state index >= 15 is 0 Å². The van der Waals surface area contributed by atoms with Crippen molar-refractivity contribution < 1.29 is 34.8 Å². The molecule has 37 heavy (non-hydrogen) atoms. The van der Waals surface area contributed by atoms with Crippen molar-refractivity contribution in [1.29, 1.82) is 0 Å². The lowest BCUT2D eigenvalue weighted by Gasteiger charge is -2.46. The van der Waals surface area contributed by atoms with Crippen LogP contribution in [0.1, 0.15) is 55.7 Å². The fourth-order valence-corrected chi connectivity index (χ4v) is 6.71. The van der Waals surface area contributed by atoms with E-state index in [1.165, 1.54) is 6.42 Å². The molecule has 1 saturated carbocycles. The largest absolute Gasteiger partial charge is 0.508 e. The lowest BCUT2D eigenvalue weighted by Crippen LogP contribution is -2.57. The maximum Gasteiger partial charge on any atom is 0.202 e. The molecule has 1 saturated heterocycles. The normalized spacial score (nSPS) is 28.1. The second-order valence-corrected chi connectivity index (χ2v) is 11.1. The minimum absolute atomic E-state index is 0.0785. The van der Waals surface area contributed by atoms with Crippen LogP contribution >= 0.6 is 0 Å². The summed E-state index contributed by atoms with van der Waals surface area (Å²) in [5.41, 5.74) is -0.798. The molecule has 9 heteroatoms. The highest BCUT2D eigenvalue weighted by molar-refractivity contribution is 6.23. The van der Waals surface area contributed by atoms with Crippen molar-refractivity contribution in [3.05, 3.63) is 39.7 Å². The van der Waals surface area contributed by atoms with Crippen molar-refractivity contribution in [2.75, 3.05) is 32.1 Å². The Bertz CT molecular complexity index is 1270. The molecule has 4 aliphatic rings. The van der Waals surface area contributed by atoms with Gasteiger partial charge < -0.3 is 25.3 Å². The van der Waals surface area contributed by atoms with Gasteiger partial charge in [0, 0.05) is 49.8 Å². The van der Waals surface area contributed by atoms with E-state index in [2.05, 4.69) is 4.90 Å². The number of fused-ring (bicyclic) bond motifs is 3. The minimum atomic E-state index is -2.47. The van der Waals surface area contributed by atoms with Crippen LogP contribution in [0.25, 0.3) is 5.76 Å². The molecular formula is C28H34N2O7. The number of phenolic OH excluding ortho intramolecular Hbond substituents is 1. The van der Waals surface area contributed by atoms with Gasteiger partial charge in [0.2, 0.25) is 5.78 Å². The predicted octanol–water partition coefficient (Wildman–Crippen LogP) is 2.58. The van der Waals surface area contributed by atoms with E-state index in [0.717, 1.165) is 38.5 Å². The third-order valence-electron chi connectivity index (χ3n) is 8.55. The Morgan fingerprint density at radius 3 is 2.41 bits per heavy atom. The minimum Gasteiger partial charge on any atom is -0.508 e. The zero-order valence-electron chi connectivity index (χ0n) is 21.5. The van der Waals surface area contributed by atoms with Gasteiger partial charge in [-0.05, 0) is 63.2 Å². The van der Waals surface area contributed by atoms with Crippen LogP contribution in [0, 0.1) is 11.8 Å². The first kappa shape index (κ1) is 25.5. The number of nitrogens with zero attached hydrogens (tertiary/aromatic N) is 2. The van der Waals surface area contributed by atoms with Crippen LogP contribution in [0.3, 0.4) is 0 Å². The second kappa shape index (κ2) is 8.99. The first-order chi connectivity index (χ1) is 17.5. The molecule has 2 unspecified atom stereocenters. The van der Waals surface area contributed by atoms with Gasteiger partial charge in [0.05, 0.1) is 5.56 Å². The average Bonchev–Trinajstić information content (AvgIpc) is 2.83. The van der Waals surface area contributed by atoms with E-state index in [-0.39, 0.29) is 29.7 Å². The Labute approximate surface area is 215 Å². The number of aliphatic hydroxyl groups is 3. The summed E-state index contributed by atoms with van der Waals surface area (Å²) in [7, 11) is 3.76. The molecule has 0 spiro atoms. The Morgan fingerprint density at radius 1 is 1.11 bits per heavy atom. The maximum absolute atomic E-state index is 13.8. The maximum atomic E-state index is 13.8. The van der Waals surface area contributed by atoms with E-state index < -0.39 is 51.9 Å². The van der Waals surface area contributed by atoms with Gasteiger partial charge in [-0.25, -0.2) is 0 Å². The molecule has 4 N–H and O–H groups in total. The Kier molecular flexibility index (Phi) is 6.19. The zero-order valence-corrected chi connectivity index (χ0v) is 21.5. The smallest absolute Gasteiger partial charge is 0.202 e. The summed E-state index contributed by atoms with van der Waals surface area (Å²) >= 11 is 0. The van der Waals surface area contributed by atoms with E-state index in [0.29, 0.717) is 24.1 Å². The number of allylic oxidation sites excluding steroid dienone is 1. The fraction of sp³-hybridized carbons (Fsp3) is 0.536. The van der Waals surface area contributed by atoms with Crippen LogP contribution in [-0.4, -0.2) is 75.5 Å². The van der Waals surface area contributed by atoms with Gasteiger partial charge in [0.1, 0.15) is 22.8 Å². The lowest BCUT2D eigenvalue weighted by molar-refractivity contribution is -0.147. The number of hydrogen-bond donors (Lipinski definition) is 4. The SMILES string of the molecule is CC(=O)C1=C(O)[C@@]2(O)C(=O)C3=C(O)c4c(O)c(CN5CCCCC5)cc(N(C)C)c4CC3CC2CC1=O. The van der Waals surface area contributed by atoms with Crippen LogP contribution in [0.4, 0.5) is 5.69 Å². The van der Waals surface area contributed by atoms with Crippen LogP contribution in [0.5, 0.6) is 5.75 Å². The summed E-state index contributed by atoms with van der Waals surface area (Å²) in [5, 5.41) is 45.1. The molecule has 0 bridgehead atoms. The van der Waals surface area contributed by atoms with Gasteiger partial charge in [-0.1, -0.05) is 6.42 Å².